The van der Waals surface area contributed by atoms with Crippen LogP contribution in [0.15, 0.2) is 0 Å². The quantitative estimate of drug-likeness (QED) is 0.446. The third-order valence-corrected chi connectivity index (χ3v) is 11.1. The molecular formula is C27H46O. The fraction of sp³-hybridized carbons (Fsp3) is 1.00. The summed E-state index contributed by atoms with van der Waals surface area (Å²) in [5.41, 5.74) is 1.25. The maximum Gasteiger partial charge on any atom is 0.0875 e. The molecule has 0 bridgehead atoms. The molecule has 1 nitrogen and oxygen atoms in total. The summed E-state index contributed by atoms with van der Waals surface area (Å²) in [6, 6.07) is 0. The maximum absolute atomic E-state index is 6.10. The Bertz CT molecular complexity index is 583. The van der Waals surface area contributed by atoms with E-state index in [0.29, 0.717) is 23.0 Å². The van der Waals surface area contributed by atoms with Gasteiger partial charge in [0.15, 0.2) is 0 Å². The Kier molecular flexibility index (Phi) is 4.97. The second-order valence-electron chi connectivity index (χ2n) is 12.8. The minimum Gasteiger partial charge on any atom is -0.369 e. The van der Waals surface area contributed by atoms with Crippen LogP contribution in [0.1, 0.15) is 105 Å². The van der Waals surface area contributed by atoms with E-state index in [9.17, 15) is 0 Å². The van der Waals surface area contributed by atoms with E-state index in [4.69, 9.17) is 4.74 Å². The number of ether oxygens (including phenoxy) is 1. The fourth-order valence-corrected chi connectivity index (χ4v) is 9.62. The van der Waals surface area contributed by atoms with Gasteiger partial charge in [-0.05, 0) is 104 Å². The molecule has 0 N–H and O–H groups in total. The fourth-order valence-electron chi connectivity index (χ4n) is 9.62. The molecule has 5 aliphatic rings. The summed E-state index contributed by atoms with van der Waals surface area (Å²) in [6.07, 6.45) is 17.6. The first-order valence-electron chi connectivity index (χ1n) is 13.0. The highest BCUT2D eigenvalue weighted by molar-refractivity contribution is 5.13. The number of epoxide rings is 1. The standard InChI is InChI=1S/C27H46O/c1-17(2)7-6-8-18(3)20-11-12-21-19-9-10-23-25-24(28-25)14-16-27(23,5)22(19)13-15-26(20,21)4/h17-25H,6-16H2,1-5H3/t18-,19-,20+,21-,22-,23+,24+,25+,26-,27-/m1/s1. The first-order chi connectivity index (χ1) is 13.3. The van der Waals surface area contributed by atoms with E-state index in [0.717, 1.165) is 41.4 Å². The molecule has 1 saturated heterocycles. The molecule has 10 atom stereocenters. The van der Waals surface area contributed by atoms with Crippen molar-refractivity contribution < 1.29 is 4.74 Å². The average molecular weight is 387 g/mol. The predicted octanol–water partition coefficient (Wildman–Crippen LogP) is 7.49. The van der Waals surface area contributed by atoms with Crippen LogP contribution >= 0.6 is 0 Å². The molecular weight excluding hydrogens is 340 g/mol. The Morgan fingerprint density at radius 1 is 0.786 bits per heavy atom. The van der Waals surface area contributed by atoms with Gasteiger partial charge in [-0.3, -0.25) is 0 Å². The van der Waals surface area contributed by atoms with Crippen LogP contribution in [0.2, 0.25) is 0 Å². The van der Waals surface area contributed by atoms with Gasteiger partial charge >= 0.3 is 0 Å². The van der Waals surface area contributed by atoms with Crippen LogP contribution < -0.4 is 0 Å². The van der Waals surface area contributed by atoms with Gasteiger partial charge in [-0.2, -0.15) is 0 Å². The summed E-state index contributed by atoms with van der Waals surface area (Å²) >= 11 is 0. The summed E-state index contributed by atoms with van der Waals surface area (Å²) in [4.78, 5) is 0. The van der Waals surface area contributed by atoms with Crippen LogP contribution in [-0.2, 0) is 4.74 Å². The van der Waals surface area contributed by atoms with E-state index in [1.807, 2.05) is 0 Å². The lowest BCUT2D eigenvalue weighted by Crippen LogP contribution is -2.54. The normalized spacial score (nSPS) is 53.1. The molecule has 1 heterocycles. The summed E-state index contributed by atoms with van der Waals surface area (Å²) in [5.74, 6) is 6.76. The lowest BCUT2D eigenvalue weighted by atomic mass is 9.44. The number of fused-ring (bicyclic) bond motifs is 7. The summed E-state index contributed by atoms with van der Waals surface area (Å²) < 4.78 is 6.10. The van der Waals surface area contributed by atoms with Crippen molar-refractivity contribution in [2.75, 3.05) is 0 Å². The molecule has 0 radical (unpaired) electrons. The molecule has 0 aromatic heterocycles. The van der Waals surface area contributed by atoms with Crippen molar-refractivity contribution in [3.63, 3.8) is 0 Å². The van der Waals surface area contributed by atoms with E-state index < -0.39 is 0 Å². The molecule has 0 unspecified atom stereocenters. The highest BCUT2D eigenvalue weighted by Crippen LogP contribution is 2.69. The van der Waals surface area contributed by atoms with Crippen molar-refractivity contribution in [1.29, 1.82) is 0 Å². The molecule has 1 aliphatic heterocycles. The van der Waals surface area contributed by atoms with E-state index in [1.54, 1.807) is 6.42 Å². The molecule has 4 aliphatic carbocycles. The van der Waals surface area contributed by atoms with Gasteiger partial charge in [-0.1, -0.05) is 53.9 Å². The first kappa shape index (κ1) is 19.9. The zero-order chi connectivity index (χ0) is 19.7. The Labute approximate surface area is 174 Å². The van der Waals surface area contributed by atoms with E-state index >= 15 is 0 Å². The van der Waals surface area contributed by atoms with Gasteiger partial charge in [0.05, 0.1) is 12.2 Å². The van der Waals surface area contributed by atoms with Gasteiger partial charge in [-0.25, -0.2) is 0 Å². The molecule has 28 heavy (non-hydrogen) atoms. The van der Waals surface area contributed by atoms with Crippen molar-refractivity contribution in [1.82, 2.24) is 0 Å². The Morgan fingerprint density at radius 2 is 1.50 bits per heavy atom. The highest BCUT2D eigenvalue weighted by Gasteiger charge is 2.65. The van der Waals surface area contributed by atoms with Gasteiger partial charge in [0.25, 0.3) is 0 Å². The molecule has 4 saturated carbocycles. The van der Waals surface area contributed by atoms with Crippen molar-refractivity contribution in [2.45, 2.75) is 117 Å². The van der Waals surface area contributed by atoms with Crippen LogP contribution in [0.5, 0.6) is 0 Å². The summed E-state index contributed by atoms with van der Waals surface area (Å²) in [6.45, 7) is 12.8. The van der Waals surface area contributed by atoms with E-state index in [2.05, 4.69) is 34.6 Å². The lowest BCUT2D eigenvalue weighted by molar-refractivity contribution is -0.111. The summed E-state index contributed by atoms with van der Waals surface area (Å²) in [7, 11) is 0. The monoisotopic (exact) mass is 386 g/mol. The number of hydrogen-bond donors (Lipinski definition) is 0. The largest absolute Gasteiger partial charge is 0.369 e. The third kappa shape index (κ3) is 2.96. The SMILES string of the molecule is CC(C)CCC[C@@H](C)[C@@H]1CC[C@@H]2[C@H]3CC[C@H]4[C@@H]5O[C@H]5CC[C@]4(C)[C@@H]3CC[C@@]21C. The number of rotatable bonds is 5. The second-order valence-corrected chi connectivity index (χ2v) is 12.8. The molecule has 5 rings (SSSR count). The van der Waals surface area contributed by atoms with E-state index in [1.165, 1.54) is 64.2 Å². The van der Waals surface area contributed by atoms with Crippen LogP contribution in [0.25, 0.3) is 0 Å². The van der Waals surface area contributed by atoms with Crippen LogP contribution in [0.4, 0.5) is 0 Å². The average Bonchev–Trinajstić information content (AvgIpc) is 3.34. The molecule has 0 amide bonds. The molecule has 0 spiro atoms. The van der Waals surface area contributed by atoms with Crippen LogP contribution in [-0.4, -0.2) is 12.2 Å². The van der Waals surface area contributed by atoms with Crippen LogP contribution in [0, 0.1) is 52.3 Å². The first-order valence-corrected chi connectivity index (χ1v) is 13.0. The highest BCUT2D eigenvalue weighted by atomic mass is 16.6. The zero-order valence-electron chi connectivity index (χ0n) is 19.4. The topological polar surface area (TPSA) is 12.5 Å². The minimum atomic E-state index is 0.600. The Balaban J connectivity index is 1.30. The van der Waals surface area contributed by atoms with Gasteiger partial charge in [0, 0.05) is 0 Å². The van der Waals surface area contributed by atoms with Crippen LogP contribution in [0.3, 0.4) is 0 Å². The molecule has 0 aromatic rings. The Hall–Kier alpha value is -0.0400. The third-order valence-electron chi connectivity index (χ3n) is 11.1. The van der Waals surface area contributed by atoms with E-state index in [-0.39, 0.29) is 0 Å². The van der Waals surface area contributed by atoms with Gasteiger partial charge in [0.2, 0.25) is 0 Å². The predicted molar refractivity (Wildman–Crippen MR) is 117 cm³/mol. The summed E-state index contributed by atoms with van der Waals surface area (Å²) in [5, 5.41) is 0. The second kappa shape index (κ2) is 7.00. The van der Waals surface area contributed by atoms with Crippen molar-refractivity contribution in [3.8, 4) is 0 Å². The molecule has 160 valence electrons. The smallest absolute Gasteiger partial charge is 0.0875 e. The van der Waals surface area contributed by atoms with Gasteiger partial charge in [-0.15, -0.1) is 0 Å². The molecule has 0 aromatic carbocycles. The zero-order valence-corrected chi connectivity index (χ0v) is 19.4. The van der Waals surface area contributed by atoms with Crippen molar-refractivity contribution in [2.24, 2.45) is 52.3 Å². The number of hydrogen-bond acceptors (Lipinski definition) is 1. The van der Waals surface area contributed by atoms with Gasteiger partial charge in [0.1, 0.15) is 0 Å². The Morgan fingerprint density at radius 3 is 2.29 bits per heavy atom. The molecule has 1 heteroatoms. The lowest BCUT2D eigenvalue weighted by Gasteiger charge is -2.60. The molecule has 5 fully saturated rings. The van der Waals surface area contributed by atoms with Crippen molar-refractivity contribution in [3.05, 3.63) is 0 Å². The maximum atomic E-state index is 6.10. The van der Waals surface area contributed by atoms with Gasteiger partial charge < -0.3 is 4.74 Å². The minimum absolute atomic E-state index is 0.600. The van der Waals surface area contributed by atoms with Crippen molar-refractivity contribution >= 4 is 0 Å².